The van der Waals surface area contributed by atoms with Crippen LogP contribution in [0.5, 0.6) is 0 Å². The molecule has 0 aliphatic heterocycles. The van der Waals surface area contributed by atoms with Crippen LogP contribution >= 0.6 is 11.8 Å². The minimum absolute atomic E-state index is 0.0931. The molecule has 0 aromatic rings. The van der Waals surface area contributed by atoms with Crippen LogP contribution in [0.25, 0.3) is 0 Å². The highest BCUT2D eigenvalue weighted by atomic mass is 32.2. The molecule has 2 atom stereocenters. The van der Waals surface area contributed by atoms with Gasteiger partial charge in [-0.05, 0) is 50.1 Å². The van der Waals surface area contributed by atoms with Crippen molar-refractivity contribution in [2.24, 2.45) is 0 Å². The van der Waals surface area contributed by atoms with Gasteiger partial charge < -0.3 is 9.53 Å². The lowest BCUT2D eigenvalue weighted by Gasteiger charge is -2.38. The van der Waals surface area contributed by atoms with Gasteiger partial charge in [-0.2, -0.15) is 0 Å². The molecular formula is C16H34O3SSi. The first-order valence-electron chi connectivity index (χ1n) is 8.01. The lowest BCUT2D eigenvalue weighted by Crippen LogP contribution is -2.43. The predicted octanol–water partition coefficient (Wildman–Crippen LogP) is 4.60. The minimum Gasteiger partial charge on any atom is -0.414 e. The van der Waals surface area contributed by atoms with Crippen LogP contribution in [-0.4, -0.2) is 36.5 Å². The number of carbonyl (C=O) groups is 1. The molecule has 0 spiro atoms. The minimum atomic E-state index is -1.70. The summed E-state index contributed by atoms with van der Waals surface area (Å²) in [6.07, 6.45) is 2.52. The maximum atomic E-state index is 11.4. The molecule has 126 valence electrons. The molecule has 0 aromatic heterocycles. The summed E-state index contributed by atoms with van der Waals surface area (Å²) in [5, 5.41) is 10.2. The number of aliphatic hydroxyl groups is 1. The molecule has 0 amide bonds. The van der Waals surface area contributed by atoms with Crippen molar-refractivity contribution in [2.75, 3.05) is 5.75 Å². The standard InChI is InChI=1S/C16H34O3SSi/c1-8-20-15(18)12-14(17)11-9-10-13(2)19-21(6,7)16(3,4)5/h13-14,17H,8-12H2,1-7H3/t13-,14-/m1/s1. The molecule has 0 aliphatic rings. The maximum Gasteiger partial charge on any atom is 0.192 e. The lowest BCUT2D eigenvalue weighted by molar-refractivity contribution is -0.112. The van der Waals surface area contributed by atoms with Crippen LogP contribution in [0.2, 0.25) is 18.1 Å². The second kappa shape index (κ2) is 9.33. The number of hydrogen-bond donors (Lipinski definition) is 1. The van der Waals surface area contributed by atoms with E-state index in [2.05, 4.69) is 40.8 Å². The summed E-state index contributed by atoms with van der Waals surface area (Å²) in [7, 11) is -1.70. The molecule has 0 bridgehead atoms. The normalized spacial score (nSPS) is 15.8. The van der Waals surface area contributed by atoms with E-state index >= 15 is 0 Å². The highest BCUT2D eigenvalue weighted by Crippen LogP contribution is 2.37. The van der Waals surface area contributed by atoms with E-state index < -0.39 is 14.4 Å². The Morgan fingerprint density at radius 2 is 1.86 bits per heavy atom. The zero-order chi connectivity index (χ0) is 16.7. The third-order valence-electron chi connectivity index (χ3n) is 4.16. The third-order valence-corrected chi connectivity index (χ3v) is 9.54. The summed E-state index contributed by atoms with van der Waals surface area (Å²) in [5.41, 5.74) is 0. The fourth-order valence-corrected chi connectivity index (χ4v) is 4.00. The van der Waals surface area contributed by atoms with Gasteiger partial charge >= 0.3 is 0 Å². The van der Waals surface area contributed by atoms with Gasteiger partial charge in [0.2, 0.25) is 0 Å². The van der Waals surface area contributed by atoms with Crippen molar-refractivity contribution in [3.05, 3.63) is 0 Å². The molecule has 0 aromatic carbocycles. The SMILES string of the molecule is CCSC(=O)C[C@H](O)CCC[C@@H](C)O[Si](C)(C)C(C)(C)C. The second-order valence-electron chi connectivity index (χ2n) is 7.28. The van der Waals surface area contributed by atoms with Crippen molar-refractivity contribution < 1.29 is 14.3 Å². The summed E-state index contributed by atoms with van der Waals surface area (Å²) >= 11 is 1.29. The van der Waals surface area contributed by atoms with Gasteiger partial charge in [0.25, 0.3) is 0 Å². The first kappa shape index (κ1) is 21.2. The topological polar surface area (TPSA) is 46.5 Å². The van der Waals surface area contributed by atoms with Crippen LogP contribution in [0.15, 0.2) is 0 Å². The van der Waals surface area contributed by atoms with Gasteiger partial charge in [-0.1, -0.05) is 39.5 Å². The number of thioether (sulfide) groups is 1. The average Bonchev–Trinajstić information content (AvgIpc) is 2.26. The quantitative estimate of drug-likeness (QED) is 0.626. The van der Waals surface area contributed by atoms with Crippen LogP contribution in [0, 0.1) is 0 Å². The van der Waals surface area contributed by atoms with E-state index in [1.54, 1.807) is 0 Å². The predicted molar refractivity (Wildman–Crippen MR) is 95.4 cm³/mol. The molecule has 0 fully saturated rings. The summed E-state index contributed by atoms with van der Waals surface area (Å²) in [6, 6.07) is 0. The van der Waals surface area contributed by atoms with Crippen molar-refractivity contribution in [3.63, 3.8) is 0 Å². The van der Waals surface area contributed by atoms with Crippen molar-refractivity contribution in [1.29, 1.82) is 0 Å². The Labute approximate surface area is 136 Å². The number of rotatable bonds is 9. The molecule has 0 rings (SSSR count). The van der Waals surface area contributed by atoms with Crippen LogP contribution < -0.4 is 0 Å². The summed E-state index contributed by atoms with van der Waals surface area (Å²) in [5.74, 6) is 0.781. The summed E-state index contributed by atoms with van der Waals surface area (Å²) in [4.78, 5) is 11.4. The van der Waals surface area contributed by atoms with Gasteiger partial charge in [-0.25, -0.2) is 0 Å². The van der Waals surface area contributed by atoms with Gasteiger partial charge in [-0.15, -0.1) is 0 Å². The highest BCUT2D eigenvalue weighted by molar-refractivity contribution is 8.13. The zero-order valence-electron chi connectivity index (χ0n) is 14.9. The zero-order valence-corrected chi connectivity index (χ0v) is 16.7. The Morgan fingerprint density at radius 3 is 2.33 bits per heavy atom. The monoisotopic (exact) mass is 334 g/mol. The highest BCUT2D eigenvalue weighted by Gasteiger charge is 2.38. The Morgan fingerprint density at radius 1 is 1.29 bits per heavy atom. The van der Waals surface area contributed by atoms with Crippen LogP contribution in [0.1, 0.15) is 60.3 Å². The van der Waals surface area contributed by atoms with E-state index in [9.17, 15) is 9.90 Å². The first-order valence-corrected chi connectivity index (χ1v) is 11.9. The Hall–Kier alpha value is 0.157. The van der Waals surface area contributed by atoms with Crippen molar-refractivity contribution >= 4 is 25.2 Å². The smallest absolute Gasteiger partial charge is 0.192 e. The Bertz CT molecular complexity index is 313. The Kier molecular flexibility index (Phi) is 9.40. The largest absolute Gasteiger partial charge is 0.414 e. The van der Waals surface area contributed by atoms with E-state index in [0.717, 1.165) is 18.6 Å². The van der Waals surface area contributed by atoms with Gasteiger partial charge in [0.1, 0.15) is 0 Å². The fourth-order valence-electron chi connectivity index (χ4n) is 1.89. The molecule has 21 heavy (non-hydrogen) atoms. The van der Waals surface area contributed by atoms with Crippen LogP contribution in [-0.2, 0) is 9.22 Å². The molecule has 1 N–H and O–H groups in total. The molecule has 0 saturated carbocycles. The van der Waals surface area contributed by atoms with E-state index in [1.807, 2.05) is 6.92 Å². The molecule has 0 radical (unpaired) electrons. The van der Waals surface area contributed by atoms with Crippen molar-refractivity contribution in [3.8, 4) is 0 Å². The molecular weight excluding hydrogens is 300 g/mol. The van der Waals surface area contributed by atoms with Crippen LogP contribution in [0.3, 0.4) is 0 Å². The number of hydrogen-bond acceptors (Lipinski definition) is 4. The second-order valence-corrected chi connectivity index (χ2v) is 13.4. The molecule has 0 aliphatic carbocycles. The first-order chi connectivity index (χ1) is 9.49. The summed E-state index contributed by atoms with van der Waals surface area (Å²) in [6.45, 7) is 15.3. The fraction of sp³-hybridized carbons (Fsp3) is 0.938. The molecule has 3 nitrogen and oxygen atoms in total. The maximum absolute atomic E-state index is 11.4. The van der Waals surface area contributed by atoms with Gasteiger partial charge in [0.05, 0.1) is 6.10 Å². The lowest BCUT2D eigenvalue weighted by atomic mass is 10.1. The van der Waals surface area contributed by atoms with E-state index in [4.69, 9.17) is 4.43 Å². The van der Waals surface area contributed by atoms with Gasteiger partial charge in [-0.3, -0.25) is 4.79 Å². The van der Waals surface area contributed by atoms with Gasteiger partial charge in [0.15, 0.2) is 13.4 Å². The number of carbonyl (C=O) groups excluding carboxylic acids is 1. The summed E-state index contributed by atoms with van der Waals surface area (Å²) < 4.78 is 6.29. The molecule has 0 unspecified atom stereocenters. The van der Waals surface area contributed by atoms with Gasteiger partial charge in [0, 0.05) is 12.5 Å². The van der Waals surface area contributed by atoms with Crippen molar-refractivity contribution in [1.82, 2.24) is 0 Å². The third kappa shape index (κ3) is 9.01. The molecule has 0 heterocycles. The van der Waals surface area contributed by atoms with E-state index in [0.29, 0.717) is 6.42 Å². The van der Waals surface area contributed by atoms with E-state index in [-0.39, 0.29) is 22.7 Å². The van der Waals surface area contributed by atoms with E-state index in [1.165, 1.54) is 11.8 Å². The average molecular weight is 335 g/mol. The molecule has 0 saturated heterocycles. The van der Waals surface area contributed by atoms with Crippen molar-refractivity contribution in [2.45, 2.75) is 90.6 Å². The molecule has 5 heteroatoms. The van der Waals surface area contributed by atoms with Crippen LogP contribution in [0.4, 0.5) is 0 Å². The Balaban J connectivity index is 3.99. The number of aliphatic hydroxyl groups excluding tert-OH is 1.